The summed E-state index contributed by atoms with van der Waals surface area (Å²) in [7, 11) is 0. The number of nitrogens with zero attached hydrogens (tertiary/aromatic N) is 1. The molecule has 0 bridgehead atoms. The lowest BCUT2D eigenvalue weighted by atomic mass is 9.80. The number of H-pyrrole nitrogens is 1. The molecule has 45 heavy (non-hydrogen) atoms. The lowest BCUT2D eigenvalue weighted by Gasteiger charge is -2.37. The van der Waals surface area contributed by atoms with Crippen LogP contribution >= 0.6 is 0 Å². The van der Waals surface area contributed by atoms with Crippen LogP contribution in [0.1, 0.15) is 41.3 Å². The van der Waals surface area contributed by atoms with Crippen molar-refractivity contribution >= 4 is 5.91 Å². The maximum atomic E-state index is 12.7. The summed E-state index contributed by atoms with van der Waals surface area (Å²) in [6, 6.07) is 29.0. The van der Waals surface area contributed by atoms with E-state index in [0.29, 0.717) is 0 Å². The van der Waals surface area contributed by atoms with Crippen molar-refractivity contribution in [2.45, 2.75) is 49.5 Å². The second-order valence-corrected chi connectivity index (χ2v) is 10.7. The van der Waals surface area contributed by atoms with E-state index in [1.54, 1.807) is 5.32 Å². The van der Waals surface area contributed by atoms with Crippen molar-refractivity contribution in [3.05, 3.63) is 140 Å². The molecule has 0 aliphatic carbocycles. The minimum absolute atomic E-state index is 0.0106. The number of amides is 1. The van der Waals surface area contributed by atoms with E-state index in [4.69, 9.17) is 9.47 Å². The maximum absolute atomic E-state index is 12.7. The average Bonchev–Trinajstić information content (AvgIpc) is 3.41. The zero-order valence-electron chi connectivity index (χ0n) is 24.1. The molecule has 3 atom stereocenters. The number of benzene rings is 3. The van der Waals surface area contributed by atoms with Crippen LogP contribution in [0.5, 0.6) is 0 Å². The van der Waals surface area contributed by atoms with Gasteiger partial charge in [-0.3, -0.25) is 19.1 Å². The number of aliphatic hydroxyl groups is 1. The van der Waals surface area contributed by atoms with Crippen molar-refractivity contribution in [2.24, 2.45) is 0 Å². The molecule has 0 spiro atoms. The molecule has 3 N–H and O–H groups in total. The zero-order chi connectivity index (χ0) is 32.0. The fourth-order valence-corrected chi connectivity index (χ4v) is 5.51. The Kier molecular flexibility index (Phi) is 9.66. The number of nitrogens with one attached hydrogen (secondary N) is 2. The second kappa shape index (κ2) is 13.6. The number of hydrogen-bond acceptors (Lipinski definition) is 6. The van der Waals surface area contributed by atoms with Crippen LogP contribution in [0.2, 0.25) is 0 Å². The Hall–Kier alpha value is -4.52. The third-order valence-electron chi connectivity index (χ3n) is 7.73. The Bertz CT molecular complexity index is 1600. The normalized spacial score (nSPS) is 18.5. The van der Waals surface area contributed by atoms with Gasteiger partial charge >= 0.3 is 17.8 Å². The van der Waals surface area contributed by atoms with Gasteiger partial charge in [-0.05, 0) is 29.5 Å². The molecular weight excluding hydrogens is 591 g/mol. The van der Waals surface area contributed by atoms with Gasteiger partial charge in [0.1, 0.15) is 17.9 Å². The van der Waals surface area contributed by atoms with Gasteiger partial charge in [0.05, 0.1) is 12.7 Å². The number of aryl methyl sites for hydroxylation is 1. The molecule has 4 aromatic rings. The summed E-state index contributed by atoms with van der Waals surface area (Å²) in [5, 5.41) is 12.8. The standard InChI is InChI=1S/C33H32F3N3O6/c34-33(35,36)30(42)37-18-10-11-22-20-39(31(43)38-29(22)41)28-19-26(40)27(45-28)21-44-32(23-12-4-1-5-13-23,24-14-6-2-7-15-24)25-16-8-3-9-17-25/h1-9,12-17,20,26-28,40H,10-11,18-19,21H2,(H,37,42)(H,38,41,43)/t26-,27+,28+/m0/s1. The number of aliphatic hydroxyl groups excluding tert-OH is 1. The minimum atomic E-state index is -5.01. The van der Waals surface area contributed by atoms with Crippen LogP contribution in [0.25, 0.3) is 0 Å². The van der Waals surface area contributed by atoms with Crippen LogP contribution in [0.3, 0.4) is 0 Å². The van der Waals surface area contributed by atoms with E-state index in [1.807, 2.05) is 91.0 Å². The molecule has 0 saturated carbocycles. The fraction of sp³-hybridized carbons (Fsp3) is 0.303. The molecule has 1 aliphatic heterocycles. The number of aromatic amines is 1. The van der Waals surface area contributed by atoms with Crippen LogP contribution in [-0.4, -0.2) is 52.1 Å². The Labute approximate surface area is 256 Å². The monoisotopic (exact) mass is 623 g/mol. The first-order valence-corrected chi connectivity index (χ1v) is 14.4. The van der Waals surface area contributed by atoms with Gasteiger partial charge in [-0.1, -0.05) is 91.0 Å². The largest absolute Gasteiger partial charge is 0.471 e. The predicted octanol–water partition coefficient (Wildman–Crippen LogP) is 3.80. The molecule has 1 aliphatic rings. The predicted molar refractivity (Wildman–Crippen MR) is 158 cm³/mol. The lowest BCUT2D eigenvalue weighted by Crippen LogP contribution is -2.38. The van der Waals surface area contributed by atoms with Crippen LogP contribution in [0, 0.1) is 0 Å². The summed E-state index contributed by atoms with van der Waals surface area (Å²) in [6.45, 7) is -0.374. The fourth-order valence-electron chi connectivity index (χ4n) is 5.51. The minimum Gasteiger partial charge on any atom is -0.390 e. The topological polar surface area (TPSA) is 123 Å². The number of carbonyl (C=O) groups is 1. The lowest BCUT2D eigenvalue weighted by molar-refractivity contribution is -0.173. The van der Waals surface area contributed by atoms with Gasteiger partial charge in [0.25, 0.3) is 5.56 Å². The summed E-state index contributed by atoms with van der Waals surface area (Å²) in [4.78, 5) is 38.4. The highest BCUT2D eigenvalue weighted by atomic mass is 19.4. The summed E-state index contributed by atoms with van der Waals surface area (Å²) >= 11 is 0. The maximum Gasteiger partial charge on any atom is 0.471 e. The summed E-state index contributed by atoms with van der Waals surface area (Å²) in [5.41, 5.74) is 0.173. The SMILES string of the molecule is O=C(NCCCc1cn([C@H]2C[C@H](O)[C@@H](COC(c3ccccc3)(c3ccccc3)c3ccccc3)O2)c(=O)[nH]c1=O)C(F)(F)F. The number of carbonyl (C=O) groups excluding carboxylic acids is 1. The Balaban J connectivity index is 1.36. The summed E-state index contributed by atoms with van der Waals surface area (Å²) in [6.07, 6.45) is -6.50. The van der Waals surface area contributed by atoms with E-state index in [1.165, 1.54) is 6.20 Å². The van der Waals surface area contributed by atoms with E-state index >= 15 is 0 Å². The summed E-state index contributed by atoms with van der Waals surface area (Å²) < 4.78 is 51.3. The Morgan fingerprint density at radius 2 is 1.47 bits per heavy atom. The van der Waals surface area contributed by atoms with Gasteiger partial charge < -0.3 is 19.9 Å². The number of aromatic nitrogens is 2. The Morgan fingerprint density at radius 3 is 1.98 bits per heavy atom. The average molecular weight is 624 g/mol. The number of hydrogen-bond donors (Lipinski definition) is 3. The molecule has 3 aromatic carbocycles. The molecule has 1 saturated heterocycles. The second-order valence-electron chi connectivity index (χ2n) is 10.7. The highest BCUT2D eigenvalue weighted by molar-refractivity contribution is 5.81. The van der Waals surface area contributed by atoms with Gasteiger partial charge in [-0.2, -0.15) is 13.2 Å². The molecular formula is C33H32F3N3O6. The van der Waals surface area contributed by atoms with E-state index < -0.39 is 47.4 Å². The number of alkyl halides is 3. The van der Waals surface area contributed by atoms with Crippen molar-refractivity contribution in [1.82, 2.24) is 14.9 Å². The van der Waals surface area contributed by atoms with E-state index in [0.717, 1.165) is 21.3 Å². The summed E-state index contributed by atoms with van der Waals surface area (Å²) in [5.74, 6) is -2.07. The van der Waals surface area contributed by atoms with Gasteiger partial charge in [0.2, 0.25) is 0 Å². The molecule has 9 nitrogen and oxygen atoms in total. The molecule has 5 rings (SSSR count). The van der Waals surface area contributed by atoms with Crippen LogP contribution < -0.4 is 16.6 Å². The van der Waals surface area contributed by atoms with Crippen LogP contribution in [-0.2, 0) is 26.3 Å². The molecule has 1 aromatic heterocycles. The molecule has 0 unspecified atom stereocenters. The third-order valence-corrected chi connectivity index (χ3v) is 7.73. The highest BCUT2D eigenvalue weighted by Crippen LogP contribution is 2.41. The smallest absolute Gasteiger partial charge is 0.390 e. The van der Waals surface area contributed by atoms with Crippen LogP contribution in [0.15, 0.2) is 107 Å². The number of halogens is 3. The van der Waals surface area contributed by atoms with Crippen molar-refractivity contribution in [2.75, 3.05) is 13.2 Å². The van der Waals surface area contributed by atoms with Crippen molar-refractivity contribution in [3.8, 4) is 0 Å². The third kappa shape index (κ3) is 7.08. The van der Waals surface area contributed by atoms with E-state index in [9.17, 15) is 32.7 Å². The van der Waals surface area contributed by atoms with Gasteiger partial charge in [-0.25, -0.2) is 4.79 Å². The highest BCUT2D eigenvalue weighted by Gasteiger charge is 2.42. The first-order chi connectivity index (χ1) is 21.6. The first kappa shape index (κ1) is 31.9. The first-order valence-electron chi connectivity index (χ1n) is 14.4. The Morgan fingerprint density at radius 1 is 0.933 bits per heavy atom. The number of rotatable bonds is 11. The van der Waals surface area contributed by atoms with Gasteiger partial charge in [0, 0.05) is 24.7 Å². The molecule has 236 valence electrons. The zero-order valence-corrected chi connectivity index (χ0v) is 24.1. The molecule has 1 fully saturated rings. The van der Waals surface area contributed by atoms with Crippen molar-refractivity contribution in [3.63, 3.8) is 0 Å². The molecule has 0 radical (unpaired) electrons. The number of ether oxygens (including phenoxy) is 2. The quantitative estimate of drug-likeness (QED) is 0.173. The van der Waals surface area contributed by atoms with Gasteiger partial charge in [0.15, 0.2) is 0 Å². The van der Waals surface area contributed by atoms with Crippen molar-refractivity contribution in [1.29, 1.82) is 0 Å². The molecule has 2 heterocycles. The van der Waals surface area contributed by atoms with E-state index in [-0.39, 0.29) is 38.0 Å². The van der Waals surface area contributed by atoms with Crippen LogP contribution in [0.4, 0.5) is 13.2 Å². The van der Waals surface area contributed by atoms with Crippen molar-refractivity contribution < 1.29 is 32.5 Å². The van der Waals surface area contributed by atoms with Gasteiger partial charge in [-0.15, -0.1) is 0 Å². The molecule has 12 heteroatoms. The molecule has 1 amide bonds. The van der Waals surface area contributed by atoms with E-state index in [2.05, 4.69) is 4.98 Å².